The van der Waals surface area contributed by atoms with Crippen molar-refractivity contribution in [3.05, 3.63) is 32.8 Å². The van der Waals surface area contributed by atoms with E-state index in [2.05, 4.69) is 15.9 Å². The van der Waals surface area contributed by atoms with Crippen LogP contribution in [0.4, 0.5) is 11.4 Å². The Kier molecular flexibility index (Phi) is 5.95. The van der Waals surface area contributed by atoms with Crippen molar-refractivity contribution in [3.63, 3.8) is 0 Å². The molecule has 0 amide bonds. The Labute approximate surface area is 143 Å². The van der Waals surface area contributed by atoms with E-state index in [0.717, 1.165) is 12.8 Å². The SMILES string of the molecule is CCN(CC(=O)O)C1CCN(c2ccc(Br)cc2[N+](=O)[O-])CC1. The maximum Gasteiger partial charge on any atom is 0.317 e. The third-order valence-corrected chi connectivity index (χ3v) is 4.69. The lowest BCUT2D eigenvalue weighted by Crippen LogP contribution is -2.46. The molecule has 0 unspecified atom stereocenters. The van der Waals surface area contributed by atoms with E-state index in [1.807, 2.05) is 16.7 Å². The molecule has 1 heterocycles. The molecule has 0 radical (unpaired) electrons. The van der Waals surface area contributed by atoms with Gasteiger partial charge in [-0.1, -0.05) is 22.9 Å². The van der Waals surface area contributed by atoms with E-state index in [1.54, 1.807) is 12.1 Å². The number of piperidine rings is 1. The number of benzene rings is 1. The predicted octanol–water partition coefficient (Wildman–Crippen LogP) is 2.73. The molecular formula is C15H20BrN3O4. The molecule has 1 fully saturated rings. The van der Waals surface area contributed by atoms with Gasteiger partial charge in [-0.15, -0.1) is 0 Å². The van der Waals surface area contributed by atoms with Gasteiger partial charge in [0.2, 0.25) is 0 Å². The molecule has 7 nitrogen and oxygen atoms in total. The molecule has 8 heteroatoms. The maximum atomic E-state index is 11.2. The van der Waals surface area contributed by atoms with Crippen LogP contribution < -0.4 is 4.90 Å². The molecule has 0 saturated carbocycles. The fourth-order valence-electron chi connectivity index (χ4n) is 3.05. The Morgan fingerprint density at radius 2 is 2.13 bits per heavy atom. The molecule has 1 saturated heterocycles. The summed E-state index contributed by atoms with van der Waals surface area (Å²) in [5.74, 6) is -0.821. The van der Waals surface area contributed by atoms with E-state index < -0.39 is 5.97 Å². The fourth-order valence-corrected chi connectivity index (χ4v) is 3.40. The summed E-state index contributed by atoms with van der Waals surface area (Å²) in [6, 6.07) is 5.29. The molecule has 1 aliphatic rings. The first-order chi connectivity index (χ1) is 10.9. The van der Waals surface area contributed by atoms with Crippen LogP contribution in [0, 0.1) is 10.1 Å². The molecule has 2 rings (SSSR count). The van der Waals surface area contributed by atoms with Crippen LogP contribution in [-0.2, 0) is 4.79 Å². The topological polar surface area (TPSA) is 86.9 Å². The van der Waals surface area contributed by atoms with Gasteiger partial charge < -0.3 is 10.0 Å². The average molecular weight is 386 g/mol. The lowest BCUT2D eigenvalue weighted by Gasteiger charge is -2.38. The number of anilines is 1. The van der Waals surface area contributed by atoms with E-state index >= 15 is 0 Å². The first-order valence-electron chi connectivity index (χ1n) is 7.57. The molecule has 126 valence electrons. The van der Waals surface area contributed by atoms with Crippen molar-refractivity contribution in [1.29, 1.82) is 0 Å². The standard InChI is InChI=1S/C15H20BrN3O4/c1-2-17(10-15(20)21)12-5-7-18(8-6-12)13-4-3-11(16)9-14(13)19(22)23/h3-4,9,12H,2,5-8,10H2,1H3,(H,20,21). The smallest absolute Gasteiger partial charge is 0.317 e. The van der Waals surface area contributed by atoms with Crippen molar-refractivity contribution < 1.29 is 14.8 Å². The van der Waals surface area contributed by atoms with Crippen LogP contribution in [0.3, 0.4) is 0 Å². The van der Waals surface area contributed by atoms with Crippen LogP contribution in [0.5, 0.6) is 0 Å². The van der Waals surface area contributed by atoms with Crippen molar-refractivity contribution in [1.82, 2.24) is 4.90 Å². The predicted molar refractivity (Wildman–Crippen MR) is 90.9 cm³/mol. The Morgan fingerprint density at radius 1 is 1.48 bits per heavy atom. The van der Waals surface area contributed by atoms with Crippen molar-refractivity contribution >= 4 is 33.3 Å². The number of aliphatic carboxylic acids is 1. The highest BCUT2D eigenvalue weighted by molar-refractivity contribution is 9.10. The third kappa shape index (κ3) is 4.42. The second-order valence-electron chi connectivity index (χ2n) is 5.57. The van der Waals surface area contributed by atoms with Gasteiger partial charge in [-0.2, -0.15) is 0 Å². The summed E-state index contributed by atoms with van der Waals surface area (Å²) in [4.78, 5) is 25.8. The first-order valence-corrected chi connectivity index (χ1v) is 8.36. The summed E-state index contributed by atoms with van der Waals surface area (Å²) in [5, 5.41) is 20.2. The van der Waals surface area contributed by atoms with Gasteiger partial charge in [0.15, 0.2) is 0 Å². The minimum atomic E-state index is -0.821. The fraction of sp³-hybridized carbons (Fsp3) is 0.533. The zero-order chi connectivity index (χ0) is 17.0. The largest absolute Gasteiger partial charge is 0.480 e. The van der Waals surface area contributed by atoms with Crippen molar-refractivity contribution in [2.75, 3.05) is 31.1 Å². The molecule has 1 aromatic carbocycles. The molecule has 0 atom stereocenters. The van der Waals surface area contributed by atoms with Crippen molar-refractivity contribution in [2.45, 2.75) is 25.8 Å². The van der Waals surface area contributed by atoms with Gasteiger partial charge in [-0.05, 0) is 31.5 Å². The molecule has 1 N–H and O–H groups in total. The zero-order valence-electron chi connectivity index (χ0n) is 12.9. The summed E-state index contributed by atoms with van der Waals surface area (Å²) in [7, 11) is 0. The molecular weight excluding hydrogens is 366 g/mol. The molecule has 1 aliphatic heterocycles. The summed E-state index contributed by atoms with van der Waals surface area (Å²) in [5.41, 5.74) is 0.716. The molecule has 0 spiro atoms. The van der Waals surface area contributed by atoms with Gasteiger partial charge in [0, 0.05) is 29.7 Å². The molecule has 0 aliphatic carbocycles. The number of carboxylic acids is 1. The summed E-state index contributed by atoms with van der Waals surface area (Å²) < 4.78 is 0.682. The van der Waals surface area contributed by atoms with E-state index in [0.29, 0.717) is 29.8 Å². The normalized spacial score (nSPS) is 15.9. The molecule has 0 aromatic heterocycles. The first kappa shape index (κ1) is 17.7. The van der Waals surface area contributed by atoms with Crippen molar-refractivity contribution in [2.24, 2.45) is 0 Å². The Bertz CT molecular complexity index is 588. The van der Waals surface area contributed by atoms with Gasteiger partial charge in [0.05, 0.1) is 11.5 Å². The minimum Gasteiger partial charge on any atom is -0.480 e. The lowest BCUT2D eigenvalue weighted by molar-refractivity contribution is -0.384. The van der Waals surface area contributed by atoms with Gasteiger partial charge in [0.25, 0.3) is 5.69 Å². The Morgan fingerprint density at radius 3 is 2.65 bits per heavy atom. The van der Waals surface area contributed by atoms with Crippen LogP contribution in [0.25, 0.3) is 0 Å². The van der Waals surface area contributed by atoms with E-state index in [-0.39, 0.29) is 23.2 Å². The highest BCUT2D eigenvalue weighted by Gasteiger charge is 2.28. The van der Waals surface area contributed by atoms with Crippen LogP contribution in [0.2, 0.25) is 0 Å². The van der Waals surface area contributed by atoms with E-state index in [1.165, 1.54) is 6.07 Å². The molecule has 23 heavy (non-hydrogen) atoms. The van der Waals surface area contributed by atoms with Gasteiger partial charge in [-0.3, -0.25) is 19.8 Å². The third-order valence-electron chi connectivity index (χ3n) is 4.20. The number of likely N-dealkylation sites (N-methyl/N-ethyl adjacent to an activating group) is 1. The summed E-state index contributed by atoms with van der Waals surface area (Å²) >= 11 is 3.26. The Balaban J connectivity index is 2.07. The number of nitro benzene ring substituents is 1. The molecule has 1 aromatic rings. The van der Waals surface area contributed by atoms with Crippen LogP contribution >= 0.6 is 15.9 Å². The van der Waals surface area contributed by atoms with Crippen molar-refractivity contribution in [3.8, 4) is 0 Å². The highest BCUT2D eigenvalue weighted by Crippen LogP contribution is 2.33. The van der Waals surface area contributed by atoms with Gasteiger partial charge in [-0.25, -0.2) is 0 Å². The summed E-state index contributed by atoms with van der Waals surface area (Å²) in [6.45, 7) is 4.05. The van der Waals surface area contributed by atoms with E-state index in [9.17, 15) is 14.9 Å². The average Bonchev–Trinajstić information content (AvgIpc) is 2.52. The maximum absolute atomic E-state index is 11.2. The van der Waals surface area contributed by atoms with Crippen LogP contribution in [-0.4, -0.2) is 53.1 Å². The monoisotopic (exact) mass is 385 g/mol. The number of carbonyl (C=O) groups is 1. The number of hydrogen-bond acceptors (Lipinski definition) is 5. The quantitative estimate of drug-likeness (QED) is 0.598. The number of nitro groups is 1. The van der Waals surface area contributed by atoms with Crippen LogP contribution in [0.1, 0.15) is 19.8 Å². The molecule has 0 bridgehead atoms. The van der Waals surface area contributed by atoms with E-state index in [4.69, 9.17) is 5.11 Å². The number of nitrogens with zero attached hydrogens (tertiary/aromatic N) is 3. The van der Waals surface area contributed by atoms with Gasteiger partial charge in [0.1, 0.15) is 5.69 Å². The van der Waals surface area contributed by atoms with Crippen LogP contribution in [0.15, 0.2) is 22.7 Å². The number of carboxylic acid groups (broad SMARTS) is 1. The number of halogens is 1. The Hall–Kier alpha value is -1.67. The second-order valence-corrected chi connectivity index (χ2v) is 6.48. The lowest BCUT2D eigenvalue weighted by atomic mass is 10.0. The number of hydrogen-bond donors (Lipinski definition) is 1. The summed E-state index contributed by atoms with van der Waals surface area (Å²) in [6.07, 6.45) is 1.60. The zero-order valence-corrected chi connectivity index (χ0v) is 14.5. The van der Waals surface area contributed by atoms with Gasteiger partial charge >= 0.3 is 5.97 Å². The number of rotatable bonds is 6. The second kappa shape index (κ2) is 7.74. The minimum absolute atomic E-state index is 0.0413. The highest BCUT2D eigenvalue weighted by atomic mass is 79.9.